The molecule has 2 aromatic rings. The standard InChI is InChI=1S/C17H16ClNO6S/c1-3-25-17(21)12-6-4-5-7-14(12)19-26(22,23)15-10-11(16(20)24-2)8-9-13(15)18/h4-10,19H,3H2,1-2H3. The molecule has 0 unspecified atom stereocenters. The molecule has 0 amide bonds. The summed E-state index contributed by atoms with van der Waals surface area (Å²) < 4.78 is 37.2. The van der Waals surface area contributed by atoms with Gasteiger partial charge in [-0.3, -0.25) is 4.72 Å². The van der Waals surface area contributed by atoms with Crippen LogP contribution in [0.4, 0.5) is 5.69 Å². The lowest BCUT2D eigenvalue weighted by Crippen LogP contribution is -2.17. The molecule has 0 aliphatic rings. The fourth-order valence-electron chi connectivity index (χ4n) is 2.11. The molecule has 26 heavy (non-hydrogen) atoms. The molecule has 0 fully saturated rings. The molecule has 0 saturated heterocycles. The average molecular weight is 398 g/mol. The van der Waals surface area contributed by atoms with Gasteiger partial charge in [0.25, 0.3) is 10.0 Å². The number of sulfonamides is 1. The van der Waals surface area contributed by atoms with Crippen molar-refractivity contribution in [2.24, 2.45) is 0 Å². The Labute approximate surface area is 155 Å². The minimum absolute atomic E-state index is 0.0240. The average Bonchev–Trinajstić information content (AvgIpc) is 2.61. The van der Waals surface area contributed by atoms with Crippen LogP contribution in [0.5, 0.6) is 0 Å². The fraction of sp³-hybridized carbons (Fsp3) is 0.176. The van der Waals surface area contributed by atoms with Crippen LogP contribution < -0.4 is 4.72 Å². The van der Waals surface area contributed by atoms with Gasteiger partial charge in [0.05, 0.1) is 35.6 Å². The molecule has 0 bridgehead atoms. The van der Waals surface area contributed by atoms with Crippen LogP contribution >= 0.6 is 11.6 Å². The number of nitrogens with one attached hydrogen (secondary N) is 1. The summed E-state index contributed by atoms with van der Waals surface area (Å²) >= 11 is 5.98. The Bertz CT molecular complexity index is 942. The molecule has 2 aromatic carbocycles. The third kappa shape index (κ3) is 4.33. The highest BCUT2D eigenvalue weighted by atomic mass is 35.5. The number of benzene rings is 2. The molecule has 0 aliphatic heterocycles. The number of halogens is 1. The van der Waals surface area contributed by atoms with Gasteiger partial charge in [0.15, 0.2) is 0 Å². The van der Waals surface area contributed by atoms with Gasteiger partial charge in [0, 0.05) is 0 Å². The molecular weight excluding hydrogens is 382 g/mol. The molecular formula is C17H16ClNO6S. The van der Waals surface area contributed by atoms with Gasteiger partial charge in [0.1, 0.15) is 4.90 Å². The first-order valence-corrected chi connectivity index (χ1v) is 9.33. The molecule has 0 radical (unpaired) electrons. The molecule has 1 N–H and O–H groups in total. The van der Waals surface area contributed by atoms with Gasteiger partial charge in [-0.1, -0.05) is 23.7 Å². The van der Waals surface area contributed by atoms with Crippen LogP contribution in [0.2, 0.25) is 5.02 Å². The Kier molecular flexibility index (Phi) is 6.23. The quantitative estimate of drug-likeness (QED) is 0.752. The van der Waals surface area contributed by atoms with E-state index in [1.54, 1.807) is 19.1 Å². The van der Waals surface area contributed by atoms with Gasteiger partial charge in [-0.05, 0) is 37.3 Å². The molecule has 7 nitrogen and oxygen atoms in total. The highest BCUT2D eigenvalue weighted by molar-refractivity contribution is 7.92. The van der Waals surface area contributed by atoms with Gasteiger partial charge >= 0.3 is 11.9 Å². The van der Waals surface area contributed by atoms with Crippen LogP contribution in [-0.4, -0.2) is 34.1 Å². The topological polar surface area (TPSA) is 98.8 Å². The lowest BCUT2D eigenvalue weighted by atomic mass is 10.2. The van der Waals surface area contributed by atoms with Crippen LogP contribution in [0.15, 0.2) is 47.4 Å². The van der Waals surface area contributed by atoms with Gasteiger partial charge in [0.2, 0.25) is 0 Å². The Balaban J connectivity index is 2.45. The fourth-order valence-corrected chi connectivity index (χ4v) is 3.72. The number of ether oxygens (including phenoxy) is 2. The predicted octanol–water partition coefficient (Wildman–Crippen LogP) is 3.10. The van der Waals surface area contributed by atoms with Crippen molar-refractivity contribution in [3.8, 4) is 0 Å². The molecule has 0 heterocycles. The van der Waals surface area contributed by atoms with E-state index in [0.717, 1.165) is 6.07 Å². The van der Waals surface area contributed by atoms with Gasteiger partial charge in [-0.15, -0.1) is 0 Å². The second-order valence-electron chi connectivity index (χ2n) is 5.01. The number of hydrogen-bond donors (Lipinski definition) is 1. The maximum atomic E-state index is 12.7. The number of hydrogen-bond acceptors (Lipinski definition) is 6. The summed E-state index contributed by atoms with van der Waals surface area (Å²) in [5.41, 5.74) is 0.111. The summed E-state index contributed by atoms with van der Waals surface area (Å²) in [5.74, 6) is -1.37. The predicted molar refractivity (Wildman–Crippen MR) is 96.0 cm³/mol. The van der Waals surface area contributed by atoms with E-state index >= 15 is 0 Å². The molecule has 0 spiro atoms. The lowest BCUT2D eigenvalue weighted by Gasteiger charge is -2.13. The normalized spacial score (nSPS) is 10.9. The van der Waals surface area contributed by atoms with Gasteiger partial charge in [-0.25, -0.2) is 18.0 Å². The van der Waals surface area contributed by atoms with Crippen molar-refractivity contribution in [2.45, 2.75) is 11.8 Å². The van der Waals surface area contributed by atoms with E-state index in [4.69, 9.17) is 16.3 Å². The molecule has 138 valence electrons. The molecule has 2 rings (SSSR count). The summed E-state index contributed by atoms with van der Waals surface area (Å²) in [6.45, 7) is 1.79. The lowest BCUT2D eigenvalue weighted by molar-refractivity contribution is 0.0526. The highest BCUT2D eigenvalue weighted by Gasteiger charge is 2.23. The number of methoxy groups -OCH3 is 1. The first-order chi connectivity index (χ1) is 12.3. The second-order valence-corrected chi connectivity index (χ2v) is 7.07. The van der Waals surface area contributed by atoms with Crippen LogP contribution in [-0.2, 0) is 19.5 Å². The van der Waals surface area contributed by atoms with E-state index in [1.807, 2.05) is 0 Å². The molecule has 0 atom stereocenters. The maximum absolute atomic E-state index is 12.7. The number of anilines is 1. The number of carbonyl (C=O) groups is 2. The minimum atomic E-state index is -4.18. The third-order valence-electron chi connectivity index (χ3n) is 3.31. The van der Waals surface area contributed by atoms with Crippen LogP contribution in [0, 0.1) is 0 Å². The molecule has 0 aromatic heterocycles. The van der Waals surface area contributed by atoms with E-state index in [2.05, 4.69) is 9.46 Å². The zero-order chi connectivity index (χ0) is 19.3. The van der Waals surface area contributed by atoms with Crippen molar-refractivity contribution in [3.63, 3.8) is 0 Å². The van der Waals surface area contributed by atoms with Crippen molar-refractivity contribution in [2.75, 3.05) is 18.4 Å². The monoisotopic (exact) mass is 397 g/mol. The van der Waals surface area contributed by atoms with E-state index in [9.17, 15) is 18.0 Å². The van der Waals surface area contributed by atoms with E-state index in [-0.39, 0.29) is 33.3 Å². The van der Waals surface area contributed by atoms with Crippen molar-refractivity contribution >= 4 is 39.3 Å². The Morgan fingerprint density at radius 3 is 2.46 bits per heavy atom. The number of carbonyl (C=O) groups excluding carboxylic acids is 2. The maximum Gasteiger partial charge on any atom is 0.340 e. The van der Waals surface area contributed by atoms with E-state index in [1.165, 1.54) is 31.4 Å². The smallest absolute Gasteiger partial charge is 0.340 e. The zero-order valence-electron chi connectivity index (χ0n) is 14.0. The Morgan fingerprint density at radius 1 is 1.12 bits per heavy atom. The van der Waals surface area contributed by atoms with Gasteiger partial charge in [-0.2, -0.15) is 0 Å². The molecule has 0 saturated carbocycles. The van der Waals surface area contributed by atoms with Crippen LogP contribution in [0.3, 0.4) is 0 Å². The van der Waals surface area contributed by atoms with Crippen molar-refractivity contribution < 1.29 is 27.5 Å². The van der Waals surface area contributed by atoms with Crippen LogP contribution in [0.1, 0.15) is 27.6 Å². The Hall–Kier alpha value is -2.58. The second kappa shape index (κ2) is 8.20. The van der Waals surface area contributed by atoms with Gasteiger partial charge < -0.3 is 9.47 Å². The third-order valence-corrected chi connectivity index (χ3v) is 5.16. The zero-order valence-corrected chi connectivity index (χ0v) is 15.6. The Morgan fingerprint density at radius 2 is 1.81 bits per heavy atom. The summed E-state index contributed by atoms with van der Waals surface area (Å²) in [4.78, 5) is 23.3. The largest absolute Gasteiger partial charge is 0.465 e. The summed E-state index contributed by atoms with van der Waals surface area (Å²) in [7, 11) is -3.00. The summed E-state index contributed by atoms with van der Waals surface area (Å²) in [6.07, 6.45) is 0. The van der Waals surface area contributed by atoms with Crippen LogP contribution in [0.25, 0.3) is 0 Å². The minimum Gasteiger partial charge on any atom is -0.465 e. The van der Waals surface area contributed by atoms with Crippen molar-refractivity contribution in [3.05, 3.63) is 58.6 Å². The van der Waals surface area contributed by atoms with Crippen molar-refractivity contribution in [1.29, 1.82) is 0 Å². The summed E-state index contributed by atoms with van der Waals surface area (Å²) in [6, 6.07) is 9.72. The SMILES string of the molecule is CCOC(=O)c1ccccc1NS(=O)(=O)c1cc(C(=O)OC)ccc1Cl. The highest BCUT2D eigenvalue weighted by Crippen LogP contribution is 2.27. The first kappa shape index (κ1) is 19.7. The van der Waals surface area contributed by atoms with Crippen molar-refractivity contribution in [1.82, 2.24) is 0 Å². The van der Waals surface area contributed by atoms with E-state index in [0.29, 0.717) is 0 Å². The summed E-state index contributed by atoms with van der Waals surface area (Å²) in [5, 5.41) is -0.0845. The van der Waals surface area contributed by atoms with E-state index < -0.39 is 22.0 Å². The number of rotatable bonds is 6. The number of esters is 2. The molecule has 9 heteroatoms. The first-order valence-electron chi connectivity index (χ1n) is 7.47. The molecule has 0 aliphatic carbocycles. The number of para-hydroxylation sites is 1.